The number of rotatable bonds is 3. The second-order valence-electron chi connectivity index (χ2n) is 3.14. The van der Waals surface area contributed by atoms with E-state index in [2.05, 4.69) is 0 Å². The molecule has 0 aliphatic heterocycles. The number of aromatic hydroxyl groups is 2. The van der Waals surface area contributed by atoms with Crippen LogP contribution >= 0.6 is 0 Å². The fourth-order valence-corrected chi connectivity index (χ4v) is 1.17. The van der Waals surface area contributed by atoms with Crippen LogP contribution in [-0.4, -0.2) is 33.0 Å². The van der Waals surface area contributed by atoms with Crippen LogP contribution in [0.4, 0.5) is 0 Å². The predicted molar refractivity (Wildman–Crippen MR) is 50.4 cm³/mol. The van der Waals surface area contributed by atoms with E-state index >= 15 is 0 Å². The molecule has 0 aliphatic carbocycles. The Morgan fingerprint density at radius 1 is 1.40 bits per heavy atom. The summed E-state index contributed by atoms with van der Waals surface area (Å²) < 4.78 is 0. The van der Waals surface area contributed by atoms with Crippen molar-refractivity contribution in [3.8, 4) is 11.5 Å². The van der Waals surface area contributed by atoms with Crippen molar-refractivity contribution in [2.24, 2.45) is 5.73 Å². The Hall–Kier alpha value is -1.79. The van der Waals surface area contributed by atoms with Gasteiger partial charge in [-0.1, -0.05) is 0 Å². The molecule has 0 amide bonds. The predicted octanol–water partition coefficient (Wildman–Crippen LogP) is -0.671. The molecule has 1 aromatic rings. The van der Waals surface area contributed by atoms with Crippen LogP contribution in [0.3, 0.4) is 0 Å². The summed E-state index contributed by atoms with van der Waals surface area (Å²) in [7, 11) is 0. The molecular formula is C9H11NO5. The van der Waals surface area contributed by atoms with E-state index in [1.807, 2.05) is 0 Å². The first-order valence-corrected chi connectivity index (χ1v) is 4.07. The fraction of sp³-hybridized carbons (Fsp3) is 0.222. The molecule has 6 N–H and O–H groups in total. The van der Waals surface area contributed by atoms with Gasteiger partial charge in [0.1, 0.15) is 11.5 Å². The number of aliphatic hydroxyl groups is 1. The maximum absolute atomic E-state index is 10.8. The van der Waals surface area contributed by atoms with E-state index in [1.165, 1.54) is 6.07 Å². The highest BCUT2D eigenvalue weighted by Gasteiger charge is 2.37. The number of phenols is 2. The van der Waals surface area contributed by atoms with Crippen molar-refractivity contribution in [1.29, 1.82) is 0 Å². The molecule has 1 aromatic carbocycles. The van der Waals surface area contributed by atoms with Gasteiger partial charge in [0.15, 0.2) is 5.54 Å². The summed E-state index contributed by atoms with van der Waals surface area (Å²) in [5.41, 5.74) is 3.19. The lowest BCUT2D eigenvalue weighted by molar-refractivity contribution is -0.145. The van der Waals surface area contributed by atoms with Gasteiger partial charge < -0.3 is 26.2 Å². The Labute approximate surface area is 85.2 Å². The van der Waals surface area contributed by atoms with Crippen LogP contribution in [0.1, 0.15) is 5.56 Å². The van der Waals surface area contributed by atoms with Gasteiger partial charge in [-0.3, -0.25) is 0 Å². The Bertz CT molecular complexity index is 392. The lowest BCUT2D eigenvalue weighted by Gasteiger charge is -2.23. The van der Waals surface area contributed by atoms with Crippen molar-refractivity contribution in [1.82, 2.24) is 0 Å². The largest absolute Gasteiger partial charge is 0.508 e. The zero-order chi connectivity index (χ0) is 11.6. The summed E-state index contributed by atoms with van der Waals surface area (Å²) in [6.45, 7) is -0.860. The standard InChI is InChI=1S/C9H11NO5/c10-9(4-11,8(14)15)6-2-1-5(12)3-7(6)13/h1-3,11-13H,4,10H2,(H,14,15). The maximum Gasteiger partial charge on any atom is 0.330 e. The van der Waals surface area contributed by atoms with Crippen molar-refractivity contribution in [2.75, 3.05) is 6.61 Å². The number of phenolic OH excluding ortho intramolecular Hbond substituents is 2. The van der Waals surface area contributed by atoms with Gasteiger partial charge in [-0.05, 0) is 12.1 Å². The first kappa shape index (κ1) is 11.3. The van der Waals surface area contributed by atoms with Gasteiger partial charge in [-0.25, -0.2) is 4.79 Å². The molecule has 0 saturated carbocycles. The summed E-state index contributed by atoms with van der Waals surface area (Å²) in [6.07, 6.45) is 0. The molecule has 6 heteroatoms. The maximum atomic E-state index is 10.8. The van der Waals surface area contributed by atoms with Gasteiger partial charge >= 0.3 is 5.97 Å². The van der Waals surface area contributed by atoms with Crippen LogP contribution in [0.2, 0.25) is 0 Å². The van der Waals surface area contributed by atoms with Gasteiger partial charge in [0.05, 0.1) is 6.61 Å². The first-order valence-electron chi connectivity index (χ1n) is 4.07. The monoisotopic (exact) mass is 213 g/mol. The highest BCUT2D eigenvalue weighted by Crippen LogP contribution is 2.30. The lowest BCUT2D eigenvalue weighted by Crippen LogP contribution is -2.48. The molecule has 0 saturated heterocycles. The molecule has 0 radical (unpaired) electrons. The van der Waals surface area contributed by atoms with Crippen molar-refractivity contribution in [2.45, 2.75) is 5.54 Å². The molecule has 1 unspecified atom stereocenters. The fourth-order valence-electron chi connectivity index (χ4n) is 1.17. The Morgan fingerprint density at radius 2 is 2.00 bits per heavy atom. The number of hydrogen-bond donors (Lipinski definition) is 5. The summed E-state index contributed by atoms with van der Waals surface area (Å²) >= 11 is 0. The molecular weight excluding hydrogens is 202 g/mol. The van der Waals surface area contributed by atoms with E-state index in [9.17, 15) is 9.90 Å². The number of carboxylic acid groups (broad SMARTS) is 1. The minimum atomic E-state index is -2.07. The van der Waals surface area contributed by atoms with Crippen LogP contribution < -0.4 is 5.73 Å². The van der Waals surface area contributed by atoms with Crippen molar-refractivity contribution in [3.05, 3.63) is 23.8 Å². The normalized spacial score (nSPS) is 14.5. The number of hydrogen-bond acceptors (Lipinski definition) is 5. The van der Waals surface area contributed by atoms with Crippen LogP contribution in [-0.2, 0) is 10.3 Å². The van der Waals surface area contributed by atoms with Gasteiger partial charge in [0.25, 0.3) is 0 Å². The van der Waals surface area contributed by atoms with Gasteiger partial charge in [-0.15, -0.1) is 0 Å². The Kier molecular flexibility index (Phi) is 2.83. The molecule has 1 rings (SSSR count). The molecule has 15 heavy (non-hydrogen) atoms. The molecule has 0 fully saturated rings. The number of carbonyl (C=O) groups is 1. The number of aliphatic carboxylic acids is 1. The molecule has 82 valence electrons. The van der Waals surface area contributed by atoms with Gasteiger partial charge in [0, 0.05) is 11.6 Å². The Morgan fingerprint density at radius 3 is 2.40 bits per heavy atom. The summed E-state index contributed by atoms with van der Waals surface area (Å²) in [5, 5.41) is 36.1. The highest BCUT2D eigenvalue weighted by molar-refractivity contribution is 5.81. The van der Waals surface area contributed by atoms with E-state index in [0.29, 0.717) is 0 Å². The molecule has 0 aromatic heterocycles. The third-order valence-electron chi connectivity index (χ3n) is 2.09. The smallest absolute Gasteiger partial charge is 0.330 e. The Balaban J connectivity index is 3.30. The second kappa shape index (κ2) is 3.76. The molecule has 0 spiro atoms. The van der Waals surface area contributed by atoms with E-state index in [0.717, 1.165) is 12.1 Å². The summed E-state index contributed by atoms with van der Waals surface area (Å²) in [6, 6.07) is 3.28. The number of aliphatic hydroxyl groups excluding tert-OH is 1. The van der Waals surface area contributed by atoms with E-state index in [1.54, 1.807) is 0 Å². The number of benzene rings is 1. The number of nitrogens with two attached hydrogens (primary N) is 1. The van der Waals surface area contributed by atoms with Crippen molar-refractivity contribution < 1.29 is 25.2 Å². The van der Waals surface area contributed by atoms with Crippen LogP contribution in [0, 0.1) is 0 Å². The summed E-state index contributed by atoms with van der Waals surface area (Å²) in [4.78, 5) is 10.8. The van der Waals surface area contributed by atoms with Crippen LogP contribution in [0.15, 0.2) is 18.2 Å². The average Bonchev–Trinajstić information content (AvgIpc) is 2.16. The zero-order valence-corrected chi connectivity index (χ0v) is 7.71. The molecule has 6 nitrogen and oxygen atoms in total. The minimum absolute atomic E-state index is 0.157. The third kappa shape index (κ3) is 1.85. The lowest BCUT2D eigenvalue weighted by atomic mass is 9.91. The van der Waals surface area contributed by atoms with E-state index < -0.39 is 23.9 Å². The van der Waals surface area contributed by atoms with Crippen LogP contribution in [0.5, 0.6) is 11.5 Å². The zero-order valence-electron chi connectivity index (χ0n) is 7.71. The minimum Gasteiger partial charge on any atom is -0.508 e. The van der Waals surface area contributed by atoms with Crippen molar-refractivity contribution in [3.63, 3.8) is 0 Å². The molecule has 0 bridgehead atoms. The molecule has 0 aliphatic rings. The average molecular weight is 213 g/mol. The van der Waals surface area contributed by atoms with E-state index in [4.69, 9.17) is 21.1 Å². The first-order chi connectivity index (χ1) is 6.91. The molecule has 0 heterocycles. The summed E-state index contributed by atoms with van der Waals surface area (Å²) in [5.74, 6) is -2.16. The van der Waals surface area contributed by atoms with Crippen molar-refractivity contribution >= 4 is 5.97 Å². The van der Waals surface area contributed by atoms with Crippen LogP contribution in [0.25, 0.3) is 0 Å². The number of carboxylic acids is 1. The molecule has 1 atom stereocenters. The second-order valence-corrected chi connectivity index (χ2v) is 3.14. The SMILES string of the molecule is NC(CO)(C(=O)O)c1ccc(O)cc1O. The van der Waals surface area contributed by atoms with Gasteiger partial charge in [-0.2, -0.15) is 0 Å². The highest BCUT2D eigenvalue weighted by atomic mass is 16.4. The van der Waals surface area contributed by atoms with Gasteiger partial charge in [0.2, 0.25) is 0 Å². The topological polar surface area (TPSA) is 124 Å². The van der Waals surface area contributed by atoms with E-state index in [-0.39, 0.29) is 11.3 Å². The third-order valence-corrected chi connectivity index (χ3v) is 2.09. The quantitative estimate of drug-likeness (QED) is 0.453.